The SMILES string of the molecule is CC(O[SH](=O)=O)N(N)C(=O)NN. The molecule has 0 aromatic rings. The Kier molecular flexibility index (Phi) is 4.51. The summed E-state index contributed by atoms with van der Waals surface area (Å²) < 4.78 is 24.2. The maximum absolute atomic E-state index is 10.6. The van der Waals surface area contributed by atoms with Crippen LogP contribution in [0.25, 0.3) is 0 Å². The summed E-state index contributed by atoms with van der Waals surface area (Å²) >= 11 is 0. The van der Waals surface area contributed by atoms with Gasteiger partial charge in [-0.3, -0.25) is 5.43 Å². The number of nitrogens with zero attached hydrogens (tertiary/aromatic N) is 1. The van der Waals surface area contributed by atoms with Gasteiger partial charge in [-0.05, 0) is 6.92 Å². The van der Waals surface area contributed by atoms with Gasteiger partial charge >= 0.3 is 6.03 Å². The van der Waals surface area contributed by atoms with Crippen LogP contribution in [0.15, 0.2) is 0 Å². The summed E-state index contributed by atoms with van der Waals surface area (Å²) in [5.41, 5.74) is 1.70. The zero-order valence-electron chi connectivity index (χ0n) is 6.26. The molecule has 1 unspecified atom stereocenters. The number of hydrogen-bond acceptors (Lipinski definition) is 6. The van der Waals surface area contributed by atoms with Gasteiger partial charge in [0.2, 0.25) is 0 Å². The topological polar surface area (TPSA) is 128 Å². The summed E-state index contributed by atoms with van der Waals surface area (Å²) in [5, 5.41) is 0.505. The molecule has 9 heteroatoms. The first-order valence-electron chi connectivity index (χ1n) is 2.84. The lowest BCUT2D eigenvalue weighted by molar-refractivity contribution is 0.0745. The molecule has 72 valence electrons. The van der Waals surface area contributed by atoms with E-state index < -0.39 is 23.2 Å². The van der Waals surface area contributed by atoms with Crippen LogP contribution >= 0.6 is 0 Å². The molecule has 0 aliphatic carbocycles. The first-order chi connectivity index (χ1) is 5.49. The third-order valence-corrected chi connectivity index (χ3v) is 1.47. The molecule has 0 heterocycles. The van der Waals surface area contributed by atoms with Gasteiger partial charge in [-0.2, -0.15) is 0 Å². The van der Waals surface area contributed by atoms with Gasteiger partial charge in [0.15, 0.2) is 6.23 Å². The Morgan fingerprint density at radius 1 is 1.67 bits per heavy atom. The van der Waals surface area contributed by atoms with Crippen LogP contribution in [0, 0.1) is 0 Å². The van der Waals surface area contributed by atoms with E-state index >= 15 is 0 Å². The summed E-state index contributed by atoms with van der Waals surface area (Å²) in [7, 11) is -3.04. The van der Waals surface area contributed by atoms with Gasteiger partial charge in [-0.25, -0.2) is 34.1 Å². The van der Waals surface area contributed by atoms with Crippen LogP contribution in [0.5, 0.6) is 0 Å². The zero-order valence-corrected chi connectivity index (χ0v) is 7.15. The van der Waals surface area contributed by atoms with E-state index in [1.165, 1.54) is 6.92 Å². The van der Waals surface area contributed by atoms with E-state index in [0.717, 1.165) is 0 Å². The largest absolute Gasteiger partial charge is 0.348 e. The first kappa shape index (κ1) is 11.1. The average molecular weight is 198 g/mol. The fraction of sp³-hybridized carbons (Fsp3) is 0.667. The van der Waals surface area contributed by atoms with Crippen LogP contribution in [-0.2, 0) is 15.2 Å². The van der Waals surface area contributed by atoms with E-state index in [9.17, 15) is 13.2 Å². The van der Waals surface area contributed by atoms with Crippen molar-refractivity contribution < 1.29 is 17.4 Å². The lowest BCUT2D eigenvalue weighted by Crippen LogP contribution is -2.52. The van der Waals surface area contributed by atoms with E-state index in [2.05, 4.69) is 4.18 Å². The van der Waals surface area contributed by atoms with E-state index in [1.54, 1.807) is 5.43 Å². The minimum Gasteiger partial charge on any atom is -0.275 e. The molecule has 0 aromatic heterocycles. The number of thiol groups is 1. The monoisotopic (exact) mass is 198 g/mol. The van der Waals surface area contributed by atoms with Crippen molar-refractivity contribution in [2.24, 2.45) is 11.7 Å². The second-order valence-corrected chi connectivity index (χ2v) is 2.44. The molecule has 0 rings (SSSR count). The van der Waals surface area contributed by atoms with Crippen molar-refractivity contribution in [3.05, 3.63) is 0 Å². The van der Waals surface area contributed by atoms with Crippen LogP contribution in [0.3, 0.4) is 0 Å². The number of urea groups is 1. The number of rotatable bonds is 3. The van der Waals surface area contributed by atoms with E-state index in [4.69, 9.17) is 11.7 Å². The summed E-state index contributed by atoms with van der Waals surface area (Å²) in [6.45, 7) is 1.28. The Hall–Kier alpha value is -0.900. The van der Waals surface area contributed by atoms with Crippen LogP contribution in [0.2, 0.25) is 0 Å². The molecular formula is C3H10N4O4S. The summed E-state index contributed by atoms with van der Waals surface area (Å²) in [5.74, 6) is 9.78. The number of amides is 2. The molecule has 0 spiro atoms. The van der Waals surface area contributed by atoms with Crippen molar-refractivity contribution in [3.8, 4) is 0 Å². The maximum atomic E-state index is 10.6. The lowest BCUT2D eigenvalue weighted by Gasteiger charge is -2.20. The number of hydrogen-bond donors (Lipinski definition) is 4. The minimum atomic E-state index is -3.04. The molecule has 0 saturated heterocycles. The highest BCUT2D eigenvalue weighted by molar-refractivity contribution is 7.67. The second-order valence-electron chi connectivity index (χ2n) is 1.79. The van der Waals surface area contributed by atoms with Crippen LogP contribution in [0.1, 0.15) is 6.92 Å². The van der Waals surface area contributed by atoms with E-state index in [-0.39, 0.29) is 0 Å². The number of carbonyl (C=O) groups excluding carboxylic acids is 1. The Balaban J connectivity index is 4.09. The molecule has 0 aliphatic heterocycles. The van der Waals surface area contributed by atoms with Gasteiger partial charge in [0, 0.05) is 0 Å². The molecule has 5 N–H and O–H groups in total. The number of hydrazine groups is 2. The predicted molar refractivity (Wildman–Crippen MR) is 39.6 cm³/mol. The normalized spacial score (nSPS) is 12.7. The Morgan fingerprint density at radius 2 is 2.17 bits per heavy atom. The van der Waals surface area contributed by atoms with Gasteiger partial charge in [0.05, 0.1) is 0 Å². The Labute approximate surface area is 70.5 Å². The molecule has 0 bridgehead atoms. The molecule has 0 aliphatic rings. The predicted octanol–water partition coefficient (Wildman–Crippen LogP) is -2.37. The summed E-state index contributed by atoms with van der Waals surface area (Å²) in [4.78, 5) is 10.6. The highest BCUT2D eigenvalue weighted by Gasteiger charge is 2.16. The summed E-state index contributed by atoms with van der Waals surface area (Å²) in [6.07, 6.45) is -1.09. The minimum absolute atomic E-state index is 0.505. The number of nitrogens with one attached hydrogen (secondary N) is 1. The quantitative estimate of drug-likeness (QED) is 0.132. The molecule has 0 saturated carbocycles. The molecule has 1 atom stereocenters. The highest BCUT2D eigenvalue weighted by atomic mass is 32.2. The van der Waals surface area contributed by atoms with Crippen molar-refractivity contribution in [3.63, 3.8) is 0 Å². The van der Waals surface area contributed by atoms with Crippen molar-refractivity contribution in [1.82, 2.24) is 10.4 Å². The van der Waals surface area contributed by atoms with E-state index in [0.29, 0.717) is 5.01 Å². The van der Waals surface area contributed by atoms with Crippen molar-refractivity contribution in [1.29, 1.82) is 0 Å². The molecule has 0 radical (unpaired) electrons. The molecule has 0 aromatic carbocycles. The molecule has 2 amide bonds. The average Bonchev–Trinajstić information content (AvgIpc) is 2.00. The fourth-order valence-electron chi connectivity index (χ4n) is 0.415. The molecule has 0 fully saturated rings. The van der Waals surface area contributed by atoms with Gasteiger partial charge in [-0.1, -0.05) is 0 Å². The fourth-order valence-corrected chi connectivity index (χ4v) is 0.766. The number of nitrogens with two attached hydrogens (primary N) is 2. The smallest absolute Gasteiger partial charge is 0.275 e. The second kappa shape index (κ2) is 4.87. The van der Waals surface area contributed by atoms with Crippen molar-refractivity contribution >= 4 is 17.0 Å². The first-order valence-corrected chi connectivity index (χ1v) is 3.94. The van der Waals surface area contributed by atoms with Crippen molar-refractivity contribution in [2.45, 2.75) is 13.2 Å². The van der Waals surface area contributed by atoms with Gasteiger partial charge < -0.3 is 0 Å². The highest BCUT2D eigenvalue weighted by Crippen LogP contribution is 1.94. The van der Waals surface area contributed by atoms with Gasteiger partial charge in [0.1, 0.15) is 0 Å². The maximum Gasteiger partial charge on any atom is 0.348 e. The Bertz CT molecular complexity index is 220. The third-order valence-electron chi connectivity index (χ3n) is 0.988. The van der Waals surface area contributed by atoms with Crippen LogP contribution in [0.4, 0.5) is 4.79 Å². The lowest BCUT2D eigenvalue weighted by atomic mass is 10.6. The molecule has 12 heavy (non-hydrogen) atoms. The standard InChI is InChI=1S/C3H10N4O4S/c1-2(11-12(9)10)7(5)3(8)6-4/h2,12H,4-5H2,1H3,(H,6,8). The van der Waals surface area contributed by atoms with Gasteiger partial charge in [0.25, 0.3) is 11.0 Å². The van der Waals surface area contributed by atoms with Crippen LogP contribution in [-0.4, -0.2) is 25.7 Å². The third kappa shape index (κ3) is 3.48. The summed E-state index contributed by atoms with van der Waals surface area (Å²) in [6, 6.07) is -0.848. The molecular weight excluding hydrogens is 188 g/mol. The van der Waals surface area contributed by atoms with Gasteiger partial charge in [-0.15, -0.1) is 0 Å². The zero-order chi connectivity index (χ0) is 9.72. The van der Waals surface area contributed by atoms with E-state index in [1.807, 2.05) is 0 Å². The number of carbonyl (C=O) groups is 1. The van der Waals surface area contributed by atoms with Crippen molar-refractivity contribution in [2.75, 3.05) is 0 Å². The molecule has 8 nitrogen and oxygen atoms in total. The Morgan fingerprint density at radius 3 is 2.50 bits per heavy atom. The van der Waals surface area contributed by atoms with Crippen LogP contribution < -0.4 is 17.1 Å².